The number of carbonyl (C=O) groups is 1. The molecule has 5 rings (SSSR count). The Kier molecular flexibility index (Phi) is 5.61. The molecule has 0 unspecified atom stereocenters. The van der Waals surface area contributed by atoms with Crippen LogP contribution in [0.2, 0.25) is 0 Å². The van der Waals surface area contributed by atoms with Crippen LogP contribution in [0.15, 0.2) is 18.5 Å². The van der Waals surface area contributed by atoms with Gasteiger partial charge in [-0.2, -0.15) is 0 Å². The first-order valence-corrected chi connectivity index (χ1v) is 11.7. The SMILES string of the molecule is CCOC(=O)N1CC2(CC[C@@H](N3CCC(c4cc(F)cnc4-n4cc(C)nn4)CC3)C2)C1. The zero-order valence-corrected chi connectivity index (χ0v) is 18.8. The van der Waals surface area contributed by atoms with Gasteiger partial charge in [0.15, 0.2) is 5.82 Å². The molecule has 2 saturated heterocycles. The van der Waals surface area contributed by atoms with Gasteiger partial charge in [-0.05, 0) is 71.0 Å². The van der Waals surface area contributed by atoms with Gasteiger partial charge in [0.2, 0.25) is 0 Å². The number of pyridine rings is 1. The van der Waals surface area contributed by atoms with Crippen molar-refractivity contribution in [2.75, 3.05) is 32.8 Å². The van der Waals surface area contributed by atoms with Gasteiger partial charge in [0.05, 0.1) is 24.7 Å². The summed E-state index contributed by atoms with van der Waals surface area (Å²) in [5, 5.41) is 8.20. The molecule has 2 aromatic rings. The van der Waals surface area contributed by atoms with Crippen LogP contribution in [0, 0.1) is 18.2 Å². The van der Waals surface area contributed by atoms with Crippen LogP contribution in [0.5, 0.6) is 0 Å². The second-order valence-corrected chi connectivity index (χ2v) is 9.63. The lowest BCUT2D eigenvalue weighted by Crippen LogP contribution is -2.58. The van der Waals surface area contributed by atoms with Gasteiger partial charge in [-0.3, -0.25) is 0 Å². The zero-order chi connectivity index (χ0) is 22.3. The quantitative estimate of drug-likeness (QED) is 0.723. The van der Waals surface area contributed by atoms with Gasteiger partial charge >= 0.3 is 6.09 Å². The van der Waals surface area contributed by atoms with Gasteiger partial charge in [0.25, 0.3) is 0 Å². The van der Waals surface area contributed by atoms with Crippen LogP contribution in [-0.4, -0.2) is 74.7 Å². The van der Waals surface area contributed by atoms with E-state index < -0.39 is 0 Å². The molecule has 1 spiro atoms. The molecule has 0 radical (unpaired) electrons. The molecule has 1 atom stereocenters. The summed E-state index contributed by atoms with van der Waals surface area (Å²) in [6.07, 6.45) is 8.37. The van der Waals surface area contributed by atoms with Gasteiger partial charge in [0, 0.05) is 30.1 Å². The first kappa shape index (κ1) is 21.3. The molecule has 1 amide bonds. The number of ether oxygens (including phenoxy) is 1. The van der Waals surface area contributed by atoms with E-state index in [-0.39, 0.29) is 23.2 Å². The number of piperidine rings is 1. The summed E-state index contributed by atoms with van der Waals surface area (Å²) in [6.45, 7) is 7.81. The fourth-order valence-corrected chi connectivity index (χ4v) is 5.85. The van der Waals surface area contributed by atoms with Crippen LogP contribution < -0.4 is 0 Å². The first-order valence-electron chi connectivity index (χ1n) is 11.7. The van der Waals surface area contributed by atoms with Crippen molar-refractivity contribution in [1.29, 1.82) is 0 Å². The highest BCUT2D eigenvalue weighted by atomic mass is 19.1. The Morgan fingerprint density at radius 3 is 2.75 bits per heavy atom. The lowest BCUT2D eigenvalue weighted by atomic mass is 9.78. The predicted molar refractivity (Wildman–Crippen MR) is 116 cm³/mol. The summed E-state index contributed by atoms with van der Waals surface area (Å²) in [6, 6.07) is 2.19. The minimum absolute atomic E-state index is 0.176. The van der Waals surface area contributed by atoms with E-state index in [0.29, 0.717) is 18.5 Å². The van der Waals surface area contributed by atoms with Crippen LogP contribution in [0.3, 0.4) is 0 Å². The maximum atomic E-state index is 14.1. The van der Waals surface area contributed by atoms with Gasteiger partial charge in [0.1, 0.15) is 5.82 Å². The fourth-order valence-electron chi connectivity index (χ4n) is 5.85. The molecule has 32 heavy (non-hydrogen) atoms. The number of nitrogens with zero attached hydrogens (tertiary/aromatic N) is 6. The molecule has 3 aliphatic rings. The van der Waals surface area contributed by atoms with E-state index in [1.165, 1.54) is 19.0 Å². The second-order valence-electron chi connectivity index (χ2n) is 9.63. The molecule has 2 aromatic heterocycles. The molecule has 1 saturated carbocycles. The van der Waals surface area contributed by atoms with Crippen molar-refractivity contribution in [2.24, 2.45) is 5.41 Å². The molecule has 0 aromatic carbocycles. The number of likely N-dealkylation sites (tertiary alicyclic amines) is 2. The number of halogens is 1. The lowest BCUT2D eigenvalue weighted by Gasteiger charge is -2.48. The number of carbonyl (C=O) groups excluding carboxylic acids is 1. The zero-order valence-electron chi connectivity index (χ0n) is 18.8. The summed E-state index contributed by atoms with van der Waals surface area (Å²) in [5.41, 5.74) is 2.00. The Balaban J connectivity index is 1.20. The topological polar surface area (TPSA) is 76.4 Å². The van der Waals surface area contributed by atoms with Crippen molar-refractivity contribution < 1.29 is 13.9 Å². The van der Waals surface area contributed by atoms with Crippen molar-refractivity contribution in [2.45, 2.75) is 57.9 Å². The average Bonchev–Trinajstić information content (AvgIpc) is 3.40. The van der Waals surface area contributed by atoms with E-state index in [9.17, 15) is 9.18 Å². The standard InChI is InChI=1S/C23H31FN6O2/c1-3-32-22(31)29-14-23(15-29)7-4-19(11-23)28-8-5-17(6-9-28)20-10-18(24)12-25-21(20)30-13-16(2)26-27-30/h10,12-13,17,19H,3-9,11,14-15H2,1-2H3/t19-/m1/s1. The van der Waals surface area contributed by atoms with Crippen molar-refractivity contribution in [3.8, 4) is 5.82 Å². The summed E-state index contributed by atoms with van der Waals surface area (Å²) >= 11 is 0. The molecular formula is C23H31FN6O2. The van der Waals surface area contributed by atoms with E-state index >= 15 is 0 Å². The Hall–Kier alpha value is -2.55. The van der Waals surface area contributed by atoms with Crippen LogP contribution in [0.1, 0.15) is 56.2 Å². The van der Waals surface area contributed by atoms with Crippen LogP contribution in [0.25, 0.3) is 5.82 Å². The van der Waals surface area contributed by atoms with Crippen LogP contribution >= 0.6 is 0 Å². The van der Waals surface area contributed by atoms with Crippen LogP contribution in [0.4, 0.5) is 9.18 Å². The number of hydrogen-bond acceptors (Lipinski definition) is 6. The largest absolute Gasteiger partial charge is 0.450 e. The Morgan fingerprint density at radius 1 is 1.28 bits per heavy atom. The first-order chi connectivity index (χ1) is 15.5. The fraction of sp³-hybridized carbons (Fsp3) is 0.652. The number of amides is 1. The summed E-state index contributed by atoms with van der Waals surface area (Å²) in [5.74, 6) is 0.628. The minimum atomic E-state index is -0.308. The molecular weight excluding hydrogens is 411 g/mol. The molecule has 172 valence electrons. The smallest absolute Gasteiger partial charge is 0.409 e. The number of hydrogen-bond donors (Lipinski definition) is 0. The summed E-state index contributed by atoms with van der Waals surface area (Å²) < 4.78 is 20.8. The highest BCUT2D eigenvalue weighted by Crippen LogP contribution is 2.48. The van der Waals surface area contributed by atoms with Gasteiger partial charge in [-0.15, -0.1) is 5.10 Å². The number of rotatable bonds is 4. The highest BCUT2D eigenvalue weighted by Gasteiger charge is 2.51. The van der Waals surface area contributed by atoms with E-state index in [1.807, 2.05) is 24.9 Å². The molecule has 8 nitrogen and oxygen atoms in total. The van der Waals surface area contributed by atoms with Gasteiger partial charge in [-0.1, -0.05) is 5.21 Å². The van der Waals surface area contributed by atoms with Gasteiger partial charge < -0.3 is 14.5 Å². The van der Waals surface area contributed by atoms with Crippen molar-refractivity contribution in [3.63, 3.8) is 0 Å². The van der Waals surface area contributed by atoms with E-state index in [2.05, 4.69) is 20.2 Å². The summed E-state index contributed by atoms with van der Waals surface area (Å²) in [7, 11) is 0. The Morgan fingerprint density at radius 2 is 2.06 bits per heavy atom. The molecule has 9 heteroatoms. The molecule has 4 heterocycles. The van der Waals surface area contributed by atoms with E-state index in [0.717, 1.165) is 56.7 Å². The molecule has 1 aliphatic carbocycles. The number of aryl methyl sites for hydroxylation is 1. The van der Waals surface area contributed by atoms with E-state index in [4.69, 9.17) is 4.74 Å². The van der Waals surface area contributed by atoms with Crippen LogP contribution in [-0.2, 0) is 4.74 Å². The minimum Gasteiger partial charge on any atom is -0.450 e. The maximum Gasteiger partial charge on any atom is 0.409 e. The third-order valence-corrected chi connectivity index (χ3v) is 7.43. The van der Waals surface area contributed by atoms with E-state index in [1.54, 1.807) is 10.7 Å². The Bertz CT molecular complexity index is 981. The average molecular weight is 443 g/mol. The lowest BCUT2D eigenvalue weighted by molar-refractivity contribution is -0.00360. The molecule has 0 N–H and O–H groups in total. The second kappa shape index (κ2) is 8.42. The van der Waals surface area contributed by atoms with Crippen molar-refractivity contribution in [3.05, 3.63) is 35.5 Å². The molecule has 2 aliphatic heterocycles. The van der Waals surface area contributed by atoms with Gasteiger partial charge in [-0.25, -0.2) is 18.9 Å². The highest BCUT2D eigenvalue weighted by molar-refractivity contribution is 5.69. The molecule has 0 bridgehead atoms. The molecule has 3 fully saturated rings. The third-order valence-electron chi connectivity index (χ3n) is 7.43. The normalized spacial score (nSPS) is 23.5. The summed E-state index contributed by atoms with van der Waals surface area (Å²) in [4.78, 5) is 20.7. The van der Waals surface area contributed by atoms with Crippen molar-refractivity contribution >= 4 is 6.09 Å². The third kappa shape index (κ3) is 3.98. The number of aromatic nitrogens is 4. The maximum absolute atomic E-state index is 14.1. The van der Waals surface area contributed by atoms with Crippen molar-refractivity contribution in [1.82, 2.24) is 29.8 Å². The monoisotopic (exact) mass is 442 g/mol. The Labute approximate surface area is 187 Å². The predicted octanol–water partition coefficient (Wildman–Crippen LogP) is 3.30.